The van der Waals surface area contributed by atoms with Crippen molar-refractivity contribution >= 4 is 11.2 Å². The van der Waals surface area contributed by atoms with Crippen LogP contribution in [0.2, 0.25) is 0 Å². The van der Waals surface area contributed by atoms with Gasteiger partial charge in [-0.15, -0.1) is 0 Å². The predicted octanol–water partition coefficient (Wildman–Crippen LogP) is 0.157. The number of aromatic nitrogens is 4. The standard InChI is InChI=1S/C14H14N4O3/c1-17-12-11(13(20)16-14(17)21)18(8-15-12)7-10(19)9-5-3-2-4-6-9/h2-6,8,10,19H,7H2,1H3,(H,16,20,21)/t10-/m0/s1. The maximum Gasteiger partial charge on any atom is 0.329 e. The van der Waals surface area contributed by atoms with Gasteiger partial charge >= 0.3 is 5.69 Å². The van der Waals surface area contributed by atoms with Gasteiger partial charge in [0.25, 0.3) is 5.56 Å². The molecule has 0 unspecified atom stereocenters. The van der Waals surface area contributed by atoms with Crippen molar-refractivity contribution in [1.82, 2.24) is 19.1 Å². The fourth-order valence-electron chi connectivity index (χ4n) is 2.29. The number of nitrogens with one attached hydrogen (secondary N) is 1. The fourth-order valence-corrected chi connectivity index (χ4v) is 2.29. The molecule has 0 aliphatic rings. The molecule has 0 spiro atoms. The highest BCUT2D eigenvalue weighted by Crippen LogP contribution is 2.16. The number of H-pyrrole nitrogens is 1. The topological polar surface area (TPSA) is 92.9 Å². The van der Waals surface area contributed by atoms with E-state index in [2.05, 4.69) is 9.97 Å². The average molecular weight is 286 g/mol. The van der Waals surface area contributed by atoms with E-state index in [0.29, 0.717) is 5.65 Å². The van der Waals surface area contributed by atoms with Gasteiger partial charge in [-0.3, -0.25) is 14.3 Å². The number of imidazole rings is 1. The van der Waals surface area contributed by atoms with Crippen LogP contribution in [0.3, 0.4) is 0 Å². The summed E-state index contributed by atoms with van der Waals surface area (Å²) in [5, 5.41) is 10.2. The molecule has 3 aromatic rings. The molecule has 0 bridgehead atoms. The minimum Gasteiger partial charge on any atom is -0.387 e. The molecule has 0 aliphatic carbocycles. The molecule has 2 N–H and O–H groups in total. The molecule has 0 amide bonds. The van der Waals surface area contributed by atoms with E-state index in [1.54, 1.807) is 4.57 Å². The first-order valence-corrected chi connectivity index (χ1v) is 6.45. The quantitative estimate of drug-likeness (QED) is 0.717. The van der Waals surface area contributed by atoms with Gasteiger partial charge in [0, 0.05) is 7.05 Å². The van der Waals surface area contributed by atoms with E-state index in [4.69, 9.17) is 0 Å². The van der Waals surface area contributed by atoms with Crippen molar-refractivity contribution < 1.29 is 5.11 Å². The van der Waals surface area contributed by atoms with Crippen LogP contribution in [0.25, 0.3) is 11.2 Å². The molecule has 21 heavy (non-hydrogen) atoms. The lowest BCUT2D eigenvalue weighted by Crippen LogP contribution is -2.29. The Morgan fingerprint density at radius 2 is 2.00 bits per heavy atom. The first kappa shape index (κ1) is 13.3. The second-order valence-electron chi connectivity index (χ2n) is 4.81. The molecule has 3 rings (SSSR count). The number of rotatable bonds is 3. The monoisotopic (exact) mass is 286 g/mol. The summed E-state index contributed by atoms with van der Waals surface area (Å²) in [6, 6.07) is 9.15. The van der Waals surface area contributed by atoms with Crippen LogP contribution in [0.5, 0.6) is 0 Å². The molecule has 0 aliphatic heterocycles. The Labute approximate surface area is 119 Å². The van der Waals surface area contributed by atoms with Gasteiger partial charge in [-0.1, -0.05) is 30.3 Å². The van der Waals surface area contributed by atoms with Crippen LogP contribution in [-0.4, -0.2) is 24.2 Å². The SMILES string of the molecule is Cn1c(=O)[nH]c(=O)c2c1ncn2C[C@H](O)c1ccccc1. The van der Waals surface area contributed by atoms with Gasteiger partial charge in [0.05, 0.1) is 19.0 Å². The van der Waals surface area contributed by atoms with E-state index < -0.39 is 17.4 Å². The van der Waals surface area contributed by atoms with E-state index in [-0.39, 0.29) is 12.1 Å². The third-order valence-electron chi connectivity index (χ3n) is 3.43. The van der Waals surface area contributed by atoms with Gasteiger partial charge in [0.2, 0.25) is 0 Å². The maximum atomic E-state index is 11.9. The van der Waals surface area contributed by atoms with Gasteiger partial charge in [0.15, 0.2) is 11.2 Å². The summed E-state index contributed by atoms with van der Waals surface area (Å²) < 4.78 is 2.81. The van der Waals surface area contributed by atoms with Gasteiger partial charge in [0.1, 0.15) is 0 Å². The van der Waals surface area contributed by atoms with Gasteiger partial charge in [-0.05, 0) is 5.56 Å². The number of hydrogen-bond donors (Lipinski definition) is 2. The first-order chi connectivity index (χ1) is 10.1. The zero-order valence-corrected chi connectivity index (χ0v) is 11.4. The average Bonchev–Trinajstić information content (AvgIpc) is 2.90. The summed E-state index contributed by atoms with van der Waals surface area (Å²) in [6.07, 6.45) is 0.686. The van der Waals surface area contributed by atoms with Crippen molar-refractivity contribution in [2.24, 2.45) is 7.05 Å². The zero-order chi connectivity index (χ0) is 15.0. The van der Waals surface area contributed by atoms with E-state index in [1.807, 2.05) is 30.3 Å². The van der Waals surface area contributed by atoms with Crippen LogP contribution in [0, 0.1) is 0 Å². The molecule has 2 aromatic heterocycles. The smallest absolute Gasteiger partial charge is 0.329 e. The lowest BCUT2D eigenvalue weighted by molar-refractivity contribution is 0.158. The molecular formula is C14H14N4O3. The second-order valence-corrected chi connectivity index (χ2v) is 4.81. The third-order valence-corrected chi connectivity index (χ3v) is 3.43. The summed E-state index contributed by atoms with van der Waals surface area (Å²) in [6.45, 7) is 0.182. The van der Waals surface area contributed by atoms with Crippen LogP contribution >= 0.6 is 0 Å². The lowest BCUT2D eigenvalue weighted by Gasteiger charge is -2.12. The lowest BCUT2D eigenvalue weighted by atomic mass is 10.1. The second kappa shape index (κ2) is 5.02. The molecule has 0 fully saturated rings. The third kappa shape index (κ3) is 2.27. The minimum absolute atomic E-state index is 0.182. The Balaban J connectivity index is 2.05. The van der Waals surface area contributed by atoms with Gasteiger partial charge in [-0.2, -0.15) is 0 Å². The van der Waals surface area contributed by atoms with Crippen molar-refractivity contribution in [3.8, 4) is 0 Å². The summed E-state index contributed by atoms with van der Waals surface area (Å²) in [7, 11) is 1.53. The first-order valence-electron chi connectivity index (χ1n) is 6.45. The van der Waals surface area contributed by atoms with Crippen LogP contribution < -0.4 is 11.2 Å². The van der Waals surface area contributed by atoms with Crippen LogP contribution in [0.4, 0.5) is 0 Å². The number of aliphatic hydroxyl groups excluding tert-OH is 1. The summed E-state index contributed by atoms with van der Waals surface area (Å²) in [5.41, 5.74) is 0.295. The number of aromatic amines is 1. The van der Waals surface area contributed by atoms with Gasteiger partial charge < -0.3 is 9.67 Å². The number of hydrogen-bond acceptors (Lipinski definition) is 4. The molecular weight excluding hydrogens is 272 g/mol. The highest BCUT2D eigenvalue weighted by Gasteiger charge is 2.14. The van der Waals surface area contributed by atoms with Crippen LogP contribution in [-0.2, 0) is 13.6 Å². The Hall–Kier alpha value is -2.67. The van der Waals surface area contributed by atoms with Crippen LogP contribution in [0.15, 0.2) is 46.2 Å². The molecule has 2 heterocycles. The number of benzene rings is 1. The maximum absolute atomic E-state index is 11.9. The minimum atomic E-state index is -0.764. The van der Waals surface area contributed by atoms with Crippen molar-refractivity contribution in [1.29, 1.82) is 0 Å². The molecule has 0 radical (unpaired) electrons. The number of aliphatic hydroxyl groups is 1. The molecule has 108 valence electrons. The highest BCUT2D eigenvalue weighted by atomic mass is 16.3. The molecule has 1 atom stereocenters. The molecule has 0 saturated heterocycles. The number of fused-ring (bicyclic) bond motifs is 1. The number of nitrogens with zero attached hydrogens (tertiary/aromatic N) is 3. The summed E-state index contributed by atoms with van der Waals surface area (Å²) >= 11 is 0. The van der Waals surface area contributed by atoms with E-state index in [9.17, 15) is 14.7 Å². The predicted molar refractivity (Wildman–Crippen MR) is 77.0 cm³/mol. The van der Waals surface area contributed by atoms with Gasteiger partial charge in [-0.25, -0.2) is 9.78 Å². The van der Waals surface area contributed by atoms with Crippen molar-refractivity contribution in [2.45, 2.75) is 12.6 Å². The molecule has 7 nitrogen and oxygen atoms in total. The Morgan fingerprint density at radius 1 is 1.29 bits per heavy atom. The molecule has 7 heteroatoms. The largest absolute Gasteiger partial charge is 0.387 e. The number of aryl methyl sites for hydroxylation is 1. The van der Waals surface area contributed by atoms with E-state index in [0.717, 1.165) is 5.56 Å². The van der Waals surface area contributed by atoms with E-state index >= 15 is 0 Å². The Bertz CT molecular complexity index is 892. The molecule has 0 saturated carbocycles. The molecule has 1 aromatic carbocycles. The Morgan fingerprint density at radius 3 is 2.71 bits per heavy atom. The zero-order valence-electron chi connectivity index (χ0n) is 11.4. The van der Waals surface area contributed by atoms with Crippen molar-refractivity contribution in [3.05, 3.63) is 63.1 Å². The summed E-state index contributed by atoms with van der Waals surface area (Å²) in [5.74, 6) is 0. The normalized spacial score (nSPS) is 12.7. The van der Waals surface area contributed by atoms with E-state index in [1.165, 1.54) is 17.9 Å². The van der Waals surface area contributed by atoms with Crippen molar-refractivity contribution in [2.75, 3.05) is 0 Å². The van der Waals surface area contributed by atoms with Crippen molar-refractivity contribution in [3.63, 3.8) is 0 Å². The summed E-state index contributed by atoms with van der Waals surface area (Å²) in [4.78, 5) is 29.8. The fraction of sp³-hybridized carbons (Fsp3) is 0.214. The van der Waals surface area contributed by atoms with Crippen LogP contribution in [0.1, 0.15) is 11.7 Å². The highest BCUT2D eigenvalue weighted by molar-refractivity contribution is 5.69. The Kier molecular flexibility index (Phi) is 3.19.